The zero-order valence-electron chi connectivity index (χ0n) is 14.8. The van der Waals surface area contributed by atoms with Gasteiger partial charge in [-0.1, -0.05) is 29.8 Å². The number of halogens is 1. The molecule has 1 atom stereocenters. The van der Waals surface area contributed by atoms with Gasteiger partial charge in [0.1, 0.15) is 10.6 Å². The highest BCUT2D eigenvalue weighted by Crippen LogP contribution is 2.47. The molecule has 1 N–H and O–H groups in total. The summed E-state index contributed by atoms with van der Waals surface area (Å²) in [5.74, 6) is 0.178. The van der Waals surface area contributed by atoms with Gasteiger partial charge in [0.15, 0.2) is 0 Å². The summed E-state index contributed by atoms with van der Waals surface area (Å²) in [7, 11) is -2.22. The highest BCUT2D eigenvalue weighted by Gasteiger charge is 2.35. The molecule has 28 heavy (non-hydrogen) atoms. The molecule has 1 aliphatic rings. The number of ether oxygens (including phenoxy) is 1. The molecule has 2 aromatic carbocycles. The van der Waals surface area contributed by atoms with Crippen molar-refractivity contribution in [2.45, 2.75) is 22.1 Å². The lowest BCUT2D eigenvalue weighted by Gasteiger charge is -2.25. The number of methoxy groups -OCH3 is 1. The Morgan fingerprint density at radius 3 is 2.57 bits per heavy atom. The smallest absolute Gasteiger partial charge is 0.225 e. The van der Waals surface area contributed by atoms with Gasteiger partial charge >= 0.3 is 0 Å². The van der Waals surface area contributed by atoms with E-state index >= 15 is 0 Å². The summed E-state index contributed by atoms with van der Waals surface area (Å²) in [4.78, 5) is 13.4. The first-order valence-corrected chi connectivity index (χ1v) is 11.2. The third-order valence-corrected chi connectivity index (χ3v) is 7.98. The molecule has 144 valence electrons. The van der Waals surface area contributed by atoms with Gasteiger partial charge in [-0.05, 0) is 30.3 Å². The van der Waals surface area contributed by atoms with Crippen molar-refractivity contribution in [3.63, 3.8) is 0 Å². The van der Waals surface area contributed by atoms with Gasteiger partial charge in [-0.15, -0.1) is 11.3 Å². The molecule has 0 bridgehead atoms. The minimum atomic E-state index is -3.79. The summed E-state index contributed by atoms with van der Waals surface area (Å²) in [6, 6.07) is 13.5. The number of nitrogens with one attached hydrogen (secondary N) is 1. The van der Waals surface area contributed by atoms with E-state index in [-0.39, 0.29) is 28.0 Å². The predicted molar refractivity (Wildman–Crippen MR) is 109 cm³/mol. The molecule has 2 heterocycles. The highest BCUT2D eigenvalue weighted by molar-refractivity contribution is 7.91. The molecule has 0 saturated heterocycles. The molecule has 1 aliphatic heterocycles. The number of anilines is 1. The molecule has 3 aromatic rings. The fourth-order valence-corrected chi connectivity index (χ4v) is 6.37. The van der Waals surface area contributed by atoms with Crippen LogP contribution in [0.4, 0.5) is 5.69 Å². The van der Waals surface area contributed by atoms with Crippen molar-refractivity contribution >= 4 is 44.4 Å². The summed E-state index contributed by atoms with van der Waals surface area (Å²) >= 11 is 7.20. The Morgan fingerprint density at radius 2 is 1.86 bits per heavy atom. The molecule has 0 spiro atoms. The summed E-state index contributed by atoms with van der Waals surface area (Å²) < 4.78 is 31.7. The zero-order chi connectivity index (χ0) is 19.9. The van der Waals surface area contributed by atoms with E-state index in [4.69, 9.17) is 16.3 Å². The Hall–Kier alpha value is -2.35. The van der Waals surface area contributed by atoms with E-state index in [9.17, 15) is 13.2 Å². The molecular formula is C20H16ClNO4S2. The predicted octanol–water partition coefficient (Wildman–Crippen LogP) is 4.72. The molecule has 1 unspecified atom stereocenters. The van der Waals surface area contributed by atoms with Gasteiger partial charge in [0.25, 0.3) is 0 Å². The number of amides is 1. The summed E-state index contributed by atoms with van der Waals surface area (Å²) in [6.45, 7) is 0. The number of carbonyl (C=O) groups excluding carboxylic acids is 1. The molecule has 1 amide bonds. The molecule has 1 aromatic heterocycles. The first-order chi connectivity index (χ1) is 13.4. The van der Waals surface area contributed by atoms with Crippen molar-refractivity contribution in [2.75, 3.05) is 12.4 Å². The number of carbonyl (C=O) groups is 1. The number of benzene rings is 2. The highest BCUT2D eigenvalue weighted by atomic mass is 35.5. The number of fused-ring (bicyclic) bond motifs is 1. The maximum absolute atomic E-state index is 13.1. The van der Waals surface area contributed by atoms with Gasteiger partial charge in [0, 0.05) is 33.2 Å². The van der Waals surface area contributed by atoms with E-state index < -0.39 is 9.84 Å². The fourth-order valence-electron chi connectivity index (χ4n) is 3.35. The number of para-hydroxylation sites is 1. The summed E-state index contributed by atoms with van der Waals surface area (Å²) in [5, 5.41) is 4.80. The Kier molecular flexibility index (Phi) is 4.91. The third-order valence-electron chi connectivity index (χ3n) is 4.68. The lowest BCUT2D eigenvalue weighted by molar-refractivity contribution is -0.116. The van der Waals surface area contributed by atoms with Crippen LogP contribution in [-0.2, 0) is 14.6 Å². The van der Waals surface area contributed by atoms with Crippen molar-refractivity contribution in [2.24, 2.45) is 0 Å². The normalized spacial score (nSPS) is 16.4. The van der Waals surface area contributed by atoms with Crippen LogP contribution in [0.25, 0.3) is 0 Å². The average Bonchev–Trinajstić information content (AvgIpc) is 3.12. The van der Waals surface area contributed by atoms with Crippen LogP contribution in [0.1, 0.15) is 22.8 Å². The topological polar surface area (TPSA) is 72.5 Å². The quantitative estimate of drug-likeness (QED) is 0.646. The van der Waals surface area contributed by atoms with Crippen LogP contribution in [0.15, 0.2) is 63.7 Å². The Balaban J connectivity index is 1.84. The van der Waals surface area contributed by atoms with E-state index in [1.807, 2.05) is 24.3 Å². The fraction of sp³-hybridized carbons (Fsp3) is 0.150. The lowest BCUT2D eigenvalue weighted by atomic mass is 9.90. The molecule has 0 fully saturated rings. The first kappa shape index (κ1) is 19.0. The number of sulfone groups is 1. The molecule has 0 aliphatic carbocycles. The van der Waals surface area contributed by atoms with Gasteiger partial charge in [0.2, 0.25) is 15.7 Å². The Labute approximate surface area is 171 Å². The minimum absolute atomic E-state index is 0.0998. The second-order valence-electron chi connectivity index (χ2n) is 6.34. The van der Waals surface area contributed by atoms with Gasteiger partial charge in [-0.2, -0.15) is 0 Å². The average molecular weight is 434 g/mol. The molecular weight excluding hydrogens is 418 g/mol. The maximum Gasteiger partial charge on any atom is 0.225 e. The van der Waals surface area contributed by atoms with Crippen molar-refractivity contribution < 1.29 is 17.9 Å². The van der Waals surface area contributed by atoms with Crippen molar-refractivity contribution in [1.82, 2.24) is 0 Å². The maximum atomic E-state index is 13.1. The second kappa shape index (κ2) is 7.24. The van der Waals surface area contributed by atoms with Crippen LogP contribution in [-0.4, -0.2) is 21.4 Å². The van der Waals surface area contributed by atoms with Crippen LogP contribution < -0.4 is 10.1 Å². The van der Waals surface area contributed by atoms with Gasteiger partial charge in [-0.3, -0.25) is 4.79 Å². The van der Waals surface area contributed by atoms with Gasteiger partial charge in [-0.25, -0.2) is 8.42 Å². The van der Waals surface area contributed by atoms with Crippen molar-refractivity contribution in [1.29, 1.82) is 0 Å². The standard InChI is InChI=1S/C20H16ClNO4S2/c1-26-16-5-3-2-4-14(16)15-10-18(23)22-19-17(11-27-20(15)19)28(24,25)13-8-6-12(21)7-9-13/h2-9,11,15H,10H2,1H3,(H,22,23). The summed E-state index contributed by atoms with van der Waals surface area (Å²) in [6.07, 6.45) is 0.230. The molecule has 0 radical (unpaired) electrons. The third kappa shape index (κ3) is 3.19. The summed E-state index contributed by atoms with van der Waals surface area (Å²) in [5.41, 5.74) is 1.21. The number of thiophene rings is 1. The van der Waals surface area contributed by atoms with Crippen LogP contribution in [0.2, 0.25) is 5.02 Å². The Bertz CT molecular complexity index is 1150. The Morgan fingerprint density at radius 1 is 1.14 bits per heavy atom. The number of hydrogen-bond acceptors (Lipinski definition) is 5. The monoisotopic (exact) mass is 433 g/mol. The van der Waals surface area contributed by atoms with Crippen LogP contribution >= 0.6 is 22.9 Å². The van der Waals surface area contributed by atoms with Crippen LogP contribution in [0.5, 0.6) is 5.75 Å². The second-order valence-corrected chi connectivity index (χ2v) is 9.61. The van der Waals surface area contributed by atoms with E-state index in [2.05, 4.69) is 5.32 Å². The van der Waals surface area contributed by atoms with Gasteiger partial charge < -0.3 is 10.1 Å². The van der Waals surface area contributed by atoms with Crippen LogP contribution in [0, 0.1) is 0 Å². The number of hydrogen-bond donors (Lipinski definition) is 1. The van der Waals surface area contributed by atoms with Gasteiger partial charge in [0.05, 0.1) is 17.7 Å². The largest absolute Gasteiger partial charge is 0.496 e. The molecule has 5 nitrogen and oxygen atoms in total. The number of rotatable bonds is 4. The minimum Gasteiger partial charge on any atom is -0.496 e. The van der Waals surface area contributed by atoms with E-state index in [0.717, 1.165) is 10.4 Å². The SMILES string of the molecule is COc1ccccc1C1CC(=O)Nc2c(S(=O)(=O)c3ccc(Cl)cc3)csc21. The van der Waals surface area contributed by atoms with E-state index in [0.29, 0.717) is 16.5 Å². The lowest BCUT2D eigenvalue weighted by Crippen LogP contribution is -2.23. The van der Waals surface area contributed by atoms with E-state index in [1.165, 1.54) is 35.6 Å². The molecule has 0 saturated carbocycles. The van der Waals surface area contributed by atoms with Crippen molar-refractivity contribution in [3.05, 3.63) is 69.4 Å². The van der Waals surface area contributed by atoms with E-state index in [1.54, 1.807) is 12.5 Å². The molecule has 8 heteroatoms. The molecule has 4 rings (SSSR count). The first-order valence-electron chi connectivity index (χ1n) is 8.46. The zero-order valence-corrected chi connectivity index (χ0v) is 17.2. The van der Waals surface area contributed by atoms with Crippen LogP contribution in [0.3, 0.4) is 0 Å². The van der Waals surface area contributed by atoms with Crippen molar-refractivity contribution in [3.8, 4) is 5.75 Å².